The van der Waals surface area contributed by atoms with E-state index in [1.165, 1.54) is 25.2 Å². The Kier molecular flexibility index (Phi) is 5.64. The molecule has 0 aliphatic rings. The molecule has 0 saturated heterocycles. The topological polar surface area (TPSA) is 26.3 Å². The van der Waals surface area contributed by atoms with Crippen molar-refractivity contribution in [3.63, 3.8) is 0 Å². The normalized spacial score (nSPS) is 15.8. The first-order valence-electron chi connectivity index (χ1n) is 4.41. The fourth-order valence-corrected chi connectivity index (χ4v) is 2.18. The lowest BCUT2D eigenvalue weighted by molar-refractivity contribution is -0.142. The van der Waals surface area contributed by atoms with Gasteiger partial charge < -0.3 is 4.74 Å². The van der Waals surface area contributed by atoms with Gasteiger partial charge in [0.25, 0.3) is 0 Å². The standard InChI is InChI=1S/C10H13F3O2S/c1-4-6-9(7-5-2,8(14)15-3)16-10(11,12)13/h4-5,7H,1,6H2,2-3H3/b7-5+. The summed E-state index contributed by atoms with van der Waals surface area (Å²) in [5.74, 6) is -0.937. The predicted octanol–water partition coefficient (Wildman–Crippen LogP) is 3.30. The monoisotopic (exact) mass is 254 g/mol. The van der Waals surface area contributed by atoms with E-state index in [-0.39, 0.29) is 6.42 Å². The summed E-state index contributed by atoms with van der Waals surface area (Å²) in [7, 11) is 1.06. The van der Waals surface area contributed by atoms with Crippen molar-refractivity contribution in [3.8, 4) is 0 Å². The second kappa shape index (κ2) is 5.98. The lowest BCUT2D eigenvalue weighted by Crippen LogP contribution is -2.36. The molecule has 0 aromatic rings. The second-order valence-corrected chi connectivity index (χ2v) is 4.32. The number of hydrogen-bond donors (Lipinski definition) is 0. The van der Waals surface area contributed by atoms with Gasteiger partial charge in [0.15, 0.2) is 0 Å². The molecule has 0 bridgehead atoms. The zero-order valence-electron chi connectivity index (χ0n) is 9.00. The molecule has 0 amide bonds. The summed E-state index contributed by atoms with van der Waals surface area (Å²) >= 11 is -0.401. The van der Waals surface area contributed by atoms with Crippen molar-refractivity contribution in [2.75, 3.05) is 7.11 Å². The fraction of sp³-hybridized carbons (Fsp3) is 0.500. The van der Waals surface area contributed by atoms with Gasteiger partial charge in [-0.3, -0.25) is 4.79 Å². The summed E-state index contributed by atoms with van der Waals surface area (Å²) in [6.07, 6.45) is 3.68. The molecular formula is C10H13F3O2S. The first-order valence-corrected chi connectivity index (χ1v) is 5.23. The molecule has 0 spiro atoms. The van der Waals surface area contributed by atoms with E-state index in [0.717, 1.165) is 7.11 Å². The molecule has 0 N–H and O–H groups in total. The van der Waals surface area contributed by atoms with Crippen LogP contribution in [0.2, 0.25) is 0 Å². The van der Waals surface area contributed by atoms with Crippen molar-refractivity contribution in [1.29, 1.82) is 0 Å². The Balaban J connectivity index is 5.24. The van der Waals surface area contributed by atoms with Gasteiger partial charge in [0.05, 0.1) is 7.11 Å². The Morgan fingerprint density at radius 1 is 1.50 bits per heavy atom. The van der Waals surface area contributed by atoms with Gasteiger partial charge in [0.2, 0.25) is 0 Å². The zero-order chi connectivity index (χ0) is 12.8. The minimum atomic E-state index is -4.52. The number of thioether (sulfide) groups is 1. The van der Waals surface area contributed by atoms with Crippen molar-refractivity contribution in [3.05, 3.63) is 24.8 Å². The number of methoxy groups -OCH3 is 1. The largest absolute Gasteiger partial charge is 0.468 e. The van der Waals surface area contributed by atoms with E-state index >= 15 is 0 Å². The summed E-state index contributed by atoms with van der Waals surface area (Å²) in [6, 6.07) is 0. The summed E-state index contributed by atoms with van der Waals surface area (Å²) < 4.78 is 39.8. The number of esters is 1. The lowest BCUT2D eigenvalue weighted by Gasteiger charge is -2.26. The minimum Gasteiger partial charge on any atom is -0.468 e. The highest BCUT2D eigenvalue weighted by molar-refractivity contribution is 8.02. The van der Waals surface area contributed by atoms with Crippen LogP contribution in [0.1, 0.15) is 13.3 Å². The highest BCUT2D eigenvalue weighted by Gasteiger charge is 2.47. The van der Waals surface area contributed by atoms with Crippen LogP contribution in [0.15, 0.2) is 24.8 Å². The average Bonchev–Trinajstić information content (AvgIpc) is 2.14. The molecule has 92 valence electrons. The van der Waals surface area contributed by atoms with Gasteiger partial charge >= 0.3 is 11.5 Å². The Morgan fingerprint density at radius 2 is 2.06 bits per heavy atom. The van der Waals surface area contributed by atoms with Gasteiger partial charge in [-0.15, -0.1) is 6.58 Å². The van der Waals surface area contributed by atoms with E-state index in [1.54, 1.807) is 0 Å². The smallest absolute Gasteiger partial charge is 0.443 e. The number of hydrogen-bond acceptors (Lipinski definition) is 3. The average molecular weight is 254 g/mol. The predicted molar refractivity (Wildman–Crippen MR) is 58.0 cm³/mol. The molecule has 0 aliphatic carbocycles. The molecule has 0 aromatic heterocycles. The van der Waals surface area contributed by atoms with E-state index < -0.39 is 28.0 Å². The fourth-order valence-electron chi connectivity index (χ4n) is 1.20. The molecule has 6 heteroatoms. The third-order valence-corrected chi connectivity index (χ3v) is 2.78. The van der Waals surface area contributed by atoms with Gasteiger partial charge in [-0.05, 0) is 25.1 Å². The number of carbonyl (C=O) groups excluding carboxylic acids is 1. The number of carbonyl (C=O) groups is 1. The highest BCUT2D eigenvalue weighted by atomic mass is 32.2. The number of allylic oxidation sites excluding steroid dienone is 2. The molecule has 0 aliphatic heterocycles. The van der Waals surface area contributed by atoms with E-state index in [9.17, 15) is 18.0 Å². The molecule has 1 atom stereocenters. The van der Waals surface area contributed by atoms with Crippen LogP contribution in [-0.2, 0) is 9.53 Å². The van der Waals surface area contributed by atoms with Crippen LogP contribution in [0.3, 0.4) is 0 Å². The maximum atomic E-state index is 12.4. The molecule has 0 saturated carbocycles. The summed E-state index contributed by atoms with van der Waals surface area (Å²) in [6.45, 7) is 4.89. The summed E-state index contributed by atoms with van der Waals surface area (Å²) in [4.78, 5) is 11.4. The van der Waals surface area contributed by atoms with Crippen LogP contribution in [0, 0.1) is 0 Å². The van der Waals surface area contributed by atoms with Crippen LogP contribution in [-0.4, -0.2) is 23.3 Å². The van der Waals surface area contributed by atoms with Crippen molar-refractivity contribution in [2.24, 2.45) is 0 Å². The zero-order valence-corrected chi connectivity index (χ0v) is 9.82. The quantitative estimate of drug-likeness (QED) is 0.556. The van der Waals surface area contributed by atoms with Gasteiger partial charge in [-0.2, -0.15) is 13.2 Å². The van der Waals surface area contributed by atoms with E-state index in [1.807, 2.05) is 0 Å². The maximum absolute atomic E-state index is 12.4. The van der Waals surface area contributed by atoms with Crippen LogP contribution >= 0.6 is 11.8 Å². The lowest BCUT2D eigenvalue weighted by atomic mass is 10.0. The molecule has 0 rings (SSSR count). The van der Waals surface area contributed by atoms with Crippen LogP contribution in [0.5, 0.6) is 0 Å². The third-order valence-electron chi connectivity index (χ3n) is 1.71. The molecule has 0 fully saturated rings. The molecular weight excluding hydrogens is 241 g/mol. The first kappa shape index (κ1) is 15.1. The van der Waals surface area contributed by atoms with Gasteiger partial charge in [-0.25, -0.2) is 0 Å². The molecule has 1 unspecified atom stereocenters. The van der Waals surface area contributed by atoms with E-state index in [4.69, 9.17) is 0 Å². The Bertz CT molecular complexity index is 286. The van der Waals surface area contributed by atoms with Crippen LogP contribution in [0.25, 0.3) is 0 Å². The number of ether oxygens (including phenoxy) is 1. The number of rotatable bonds is 5. The van der Waals surface area contributed by atoms with Crippen molar-refractivity contribution in [1.82, 2.24) is 0 Å². The van der Waals surface area contributed by atoms with Crippen molar-refractivity contribution >= 4 is 17.7 Å². The van der Waals surface area contributed by atoms with E-state index in [2.05, 4.69) is 11.3 Å². The first-order chi connectivity index (χ1) is 7.31. The molecule has 0 aromatic carbocycles. The van der Waals surface area contributed by atoms with Crippen LogP contribution in [0.4, 0.5) is 13.2 Å². The Morgan fingerprint density at radius 3 is 2.38 bits per heavy atom. The van der Waals surface area contributed by atoms with Gasteiger partial charge in [-0.1, -0.05) is 18.2 Å². The van der Waals surface area contributed by atoms with E-state index in [0.29, 0.717) is 0 Å². The molecule has 2 nitrogen and oxygen atoms in total. The highest BCUT2D eigenvalue weighted by Crippen LogP contribution is 2.44. The number of alkyl halides is 3. The molecule has 0 heterocycles. The third kappa shape index (κ3) is 4.30. The second-order valence-electron chi connectivity index (χ2n) is 2.92. The van der Waals surface area contributed by atoms with Gasteiger partial charge in [0.1, 0.15) is 4.75 Å². The van der Waals surface area contributed by atoms with Crippen LogP contribution < -0.4 is 0 Å². The SMILES string of the molecule is C=CCC(/C=C/C)(SC(F)(F)F)C(=O)OC. The summed E-state index contributed by atoms with van der Waals surface area (Å²) in [5.41, 5.74) is -4.52. The maximum Gasteiger partial charge on any atom is 0.443 e. The Hall–Kier alpha value is -0.910. The summed E-state index contributed by atoms with van der Waals surface area (Å²) in [5, 5.41) is 0. The minimum absolute atomic E-state index is 0.145. The molecule has 16 heavy (non-hydrogen) atoms. The number of halogens is 3. The molecule has 0 radical (unpaired) electrons. The van der Waals surface area contributed by atoms with Gasteiger partial charge in [0, 0.05) is 0 Å². The Labute approximate surface area is 96.5 Å². The van der Waals surface area contributed by atoms with Crippen molar-refractivity contribution < 1.29 is 22.7 Å². The van der Waals surface area contributed by atoms with Crippen molar-refractivity contribution in [2.45, 2.75) is 23.6 Å².